The first-order valence-electron chi connectivity index (χ1n) is 7.29. The zero-order valence-corrected chi connectivity index (χ0v) is 13.9. The van der Waals surface area contributed by atoms with Crippen molar-refractivity contribution in [2.24, 2.45) is 0 Å². The standard InChI is InChI=1S/C18H23ClN2/c1-12-9-14(3)18(15(4)10-12)21-8-7-20-17-11-16(19)6-5-13(17)2/h5-6,9-11,20-21H,7-8H2,1-4H3. The van der Waals surface area contributed by atoms with Crippen LogP contribution in [0.3, 0.4) is 0 Å². The molecule has 2 nitrogen and oxygen atoms in total. The van der Waals surface area contributed by atoms with Gasteiger partial charge in [0.25, 0.3) is 0 Å². The van der Waals surface area contributed by atoms with Crippen molar-refractivity contribution in [3.63, 3.8) is 0 Å². The molecule has 0 aliphatic rings. The minimum absolute atomic E-state index is 0.765. The average molecular weight is 303 g/mol. The van der Waals surface area contributed by atoms with E-state index in [-0.39, 0.29) is 0 Å². The number of hydrogen-bond donors (Lipinski definition) is 2. The van der Waals surface area contributed by atoms with Gasteiger partial charge in [0.1, 0.15) is 0 Å². The second kappa shape index (κ2) is 6.86. The van der Waals surface area contributed by atoms with Gasteiger partial charge in [0, 0.05) is 29.5 Å². The summed E-state index contributed by atoms with van der Waals surface area (Å²) in [6, 6.07) is 10.3. The number of aryl methyl sites for hydroxylation is 4. The number of hydrogen-bond acceptors (Lipinski definition) is 2. The molecule has 0 saturated heterocycles. The lowest BCUT2D eigenvalue weighted by molar-refractivity contribution is 1.06. The second-order valence-electron chi connectivity index (χ2n) is 5.59. The molecule has 0 aliphatic carbocycles. The Morgan fingerprint density at radius 2 is 1.43 bits per heavy atom. The first-order valence-corrected chi connectivity index (χ1v) is 7.67. The van der Waals surface area contributed by atoms with E-state index >= 15 is 0 Å². The van der Waals surface area contributed by atoms with Gasteiger partial charge in [-0.05, 0) is 56.5 Å². The third-order valence-corrected chi connectivity index (χ3v) is 3.85. The van der Waals surface area contributed by atoms with Crippen molar-refractivity contribution in [2.45, 2.75) is 27.7 Å². The lowest BCUT2D eigenvalue weighted by Gasteiger charge is -2.15. The van der Waals surface area contributed by atoms with Gasteiger partial charge in [-0.15, -0.1) is 0 Å². The normalized spacial score (nSPS) is 10.5. The van der Waals surface area contributed by atoms with Crippen LogP contribution in [0.15, 0.2) is 30.3 Å². The molecule has 21 heavy (non-hydrogen) atoms. The number of anilines is 2. The third-order valence-electron chi connectivity index (χ3n) is 3.62. The van der Waals surface area contributed by atoms with Gasteiger partial charge in [0.05, 0.1) is 0 Å². The maximum Gasteiger partial charge on any atom is 0.0426 e. The maximum absolute atomic E-state index is 6.03. The SMILES string of the molecule is Cc1cc(C)c(NCCNc2cc(Cl)ccc2C)c(C)c1. The number of nitrogens with one attached hydrogen (secondary N) is 2. The summed E-state index contributed by atoms with van der Waals surface area (Å²) in [6.45, 7) is 10.2. The quantitative estimate of drug-likeness (QED) is 0.751. The van der Waals surface area contributed by atoms with Crippen molar-refractivity contribution < 1.29 is 0 Å². The summed E-state index contributed by atoms with van der Waals surface area (Å²) in [5.74, 6) is 0. The molecule has 0 aromatic heterocycles. The Balaban J connectivity index is 1.92. The number of rotatable bonds is 5. The fraction of sp³-hybridized carbons (Fsp3) is 0.333. The Kier molecular flexibility index (Phi) is 5.13. The molecule has 112 valence electrons. The van der Waals surface area contributed by atoms with E-state index in [1.54, 1.807) is 0 Å². The van der Waals surface area contributed by atoms with Gasteiger partial charge in [-0.3, -0.25) is 0 Å². The van der Waals surface area contributed by atoms with Crippen molar-refractivity contribution >= 4 is 23.0 Å². The Hall–Kier alpha value is -1.67. The molecule has 3 heteroatoms. The van der Waals surface area contributed by atoms with E-state index in [2.05, 4.69) is 50.5 Å². The predicted octanol–water partition coefficient (Wildman–Crippen LogP) is 5.10. The first-order chi connectivity index (χ1) is 9.97. The van der Waals surface area contributed by atoms with Crippen molar-refractivity contribution in [3.05, 3.63) is 57.6 Å². The van der Waals surface area contributed by atoms with Crippen LogP contribution in [0.2, 0.25) is 5.02 Å². The van der Waals surface area contributed by atoms with Crippen LogP contribution in [-0.2, 0) is 0 Å². The molecule has 2 N–H and O–H groups in total. The fourth-order valence-corrected chi connectivity index (χ4v) is 2.80. The van der Waals surface area contributed by atoms with Crippen molar-refractivity contribution in [1.82, 2.24) is 0 Å². The van der Waals surface area contributed by atoms with Gasteiger partial charge in [-0.25, -0.2) is 0 Å². The van der Waals surface area contributed by atoms with Crippen LogP contribution in [0.4, 0.5) is 11.4 Å². The lowest BCUT2D eigenvalue weighted by Crippen LogP contribution is -2.15. The molecule has 0 unspecified atom stereocenters. The molecule has 2 aromatic rings. The van der Waals surface area contributed by atoms with Crippen molar-refractivity contribution in [1.29, 1.82) is 0 Å². The Labute approximate surface area is 132 Å². The molecular formula is C18H23ClN2. The maximum atomic E-state index is 6.03. The highest BCUT2D eigenvalue weighted by Gasteiger charge is 2.03. The summed E-state index contributed by atoms with van der Waals surface area (Å²) in [6.07, 6.45) is 0. The van der Waals surface area contributed by atoms with Crippen LogP contribution in [-0.4, -0.2) is 13.1 Å². The van der Waals surface area contributed by atoms with E-state index in [0.29, 0.717) is 0 Å². The van der Waals surface area contributed by atoms with Crippen LogP contribution in [0.25, 0.3) is 0 Å². The Morgan fingerprint density at radius 3 is 2.10 bits per heavy atom. The van der Waals surface area contributed by atoms with Gasteiger partial charge in [-0.2, -0.15) is 0 Å². The zero-order valence-electron chi connectivity index (χ0n) is 13.2. The van der Waals surface area contributed by atoms with Crippen molar-refractivity contribution in [3.8, 4) is 0 Å². The zero-order chi connectivity index (χ0) is 15.4. The van der Waals surface area contributed by atoms with E-state index in [1.807, 2.05) is 18.2 Å². The topological polar surface area (TPSA) is 24.1 Å². The molecule has 0 radical (unpaired) electrons. The monoisotopic (exact) mass is 302 g/mol. The summed E-state index contributed by atoms with van der Waals surface area (Å²) in [4.78, 5) is 0. The minimum atomic E-state index is 0.765. The molecule has 0 spiro atoms. The highest BCUT2D eigenvalue weighted by Crippen LogP contribution is 2.22. The van der Waals surface area contributed by atoms with E-state index in [1.165, 1.54) is 27.9 Å². The highest BCUT2D eigenvalue weighted by molar-refractivity contribution is 6.30. The predicted molar refractivity (Wildman–Crippen MR) is 93.8 cm³/mol. The summed E-state index contributed by atoms with van der Waals surface area (Å²) < 4.78 is 0. The summed E-state index contributed by atoms with van der Waals surface area (Å²) >= 11 is 6.03. The molecular weight excluding hydrogens is 280 g/mol. The van der Waals surface area contributed by atoms with E-state index < -0.39 is 0 Å². The van der Waals surface area contributed by atoms with Gasteiger partial charge in [0.2, 0.25) is 0 Å². The van der Waals surface area contributed by atoms with Crippen LogP contribution >= 0.6 is 11.6 Å². The van der Waals surface area contributed by atoms with Gasteiger partial charge < -0.3 is 10.6 Å². The molecule has 0 atom stereocenters. The first kappa shape index (κ1) is 15.7. The number of benzene rings is 2. The van der Waals surface area contributed by atoms with E-state index in [4.69, 9.17) is 11.6 Å². The van der Waals surface area contributed by atoms with Gasteiger partial charge >= 0.3 is 0 Å². The molecule has 0 amide bonds. The van der Waals surface area contributed by atoms with Crippen LogP contribution in [0.5, 0.6) is 0 Å². The molecule has 2 aromatic carbocycles. The van der Waals surface area contributed by atoms with Crippen LogP contribution in [0, 0.1) is 27.7 Å². The molecule has 0 fully saturated rings. The van der Waals surface area contributed by atoms with Crippen molar-refractivity contribution in [2.75, 3.05) is 23.7 Å². The molecule has 0 bridgehead atoms. The smallest absolute Gasteiger partial charge is 0.0426 e. The molecule has 0 aliphatic heterocycles. The summed E-state index contributed by atoms with van der Waals surface area (Å²) in [7, 11) is 0. The highest BCUT2D eigenvalue weighted by atomic mass is 35.5. The largest absolute Gasteiger partial charge is 0.383 e. The third kappa shape index (κ3) is 4.15. The summed E-state index contributed by atoms with van der Waals surface area (Å²) in [5.41, 5.74) is 7.45. The summed E-state index contributed by atoms with van der Waals surface area (Å²) in [5, 5.41) is 7.71. The van der Waals surface area contributed by atoms with E-state index in [0.717, 1.165) is 23.8 Å². The van der Waals surface area contributed by atoms with Crippen LogP contribution in [0.1, 0.15) is 22.3 Å². The Morgan fingerprint density at radius 1 is 0.810 bits per heavy atom. The Bertz CT molecular complexity index is 612. The minimum Gasteiger partial charge on any atom is -0.383 e. The van der Waals surface area contributed by atoms with E-state index in [9.17, 15) is 0 Å². The molecule has 2 rings (SSSR count). The fourth-order valence-electron chi connectivity index (χ4n) is 2.63. The molecule has 0 heterocycles. The van der Waals surface area contributed by atoms with Gasteiger partial charge in [0.15, 0.2) is 0 Å². The van der Waals surface area contributed by atoms with Gasteiger partial charge in [-0.1, -0.05) is 35.4 Å². The number of halogens is 1. The second-order valence-corrected chi connectivity index (χ2v) is 6.02. The lowest BCUT2D eigenvalue weighted by atomic mass is 10.1. The van der Waals surface area contributed by atoms with Crippen LogP contribution < -0.4 is 10.6 Å². The average Bonchev–Trinajstić information content (AvgIpc) is 2.40. The molecule has 0 saturated carbocycles.